The number of aryl methyl sites for hydroxylation is 2. The van der Waals surface area contributed by atoms with Gasteiger partial charge in [-0.3, -0.25) is 9.10 Å². The number of rotatable bonds is 7. The zero-order valence-corrected chi connectivity index (χ0v) is 16.5. The number of nitrogens with zero attached hydrogens (tertiary/aromatic N) is 1. The Kier molecular flexibility index (Phi) is 6.42. The number of benzene rings is 2. The van der Waals surface area contributed by atoms with Crippen LogP contribution in [0.25, 0.3) is 0 Å². The number of hydrogen-bond acceptors (Lipinski definition) is 3. The zero-order valence-electron chi connectivity index (χ0n) is 15.7. The fourth-order valence-electron chi connectivity index (χ4n) is 3.01. The quantitative estimate of drug-likeness (QED) is 0.805. The second kappa shape index (κ2) is 8.36. The first kappa shape index (κ1) is 20.0. The zero-order chi connectivity index (χ0) is 19.3. The minimum Gasteiger partial charge on any atom is -0.324 e. The molecule has 1 N–H and O–H groups in total. The van der Waals surface area contributed by atoms with Crippen LogP contribution in [-0.2, 0) is 27.7 Å². The highest BCUT2D eigenvalue weighted by Gasteiger charge is 2.29. The number of carbonyl (C=O) groups excluding carboxylic acids is 1. The van der Waals surface area contributed by atoms with Gasteiger partial charge in [-0.15, -0.1) is 0 Å². The first-order valence-corrected chi connectivity index (χ1v) is 10.6. The number of para-hydroxylation sites is 2. The molecule has 0 unspecified atom stereocenters. The van der Waals surface area contributed by atoms with Gasteiger partial charge < -0.3 is 5.32 Å². The monoisotopic (exact) mass is 374 g/mol. The number of sulfonamides is 1. The first-order valence-electron chi connectivity index (χ1n) is 8.75. The molecule has 2 aromatic rings. The first-order chi connectivity index (χ1) is 12.3. The Bertz CT molecular complexity index is 842. The van der Waals surface area contributed by atoms with E-state index < -0.39 is 16.1 Å². The second-order valence-electron chi connectivity index (χ2n) is 6.22. The summed E-state index contributed by atoms with van der Waals surface area (Å²) in [6.07, 6.45) is 2.68. The van der Waals surface area contributed by atoms with Crippen LogP contribution in [0, 0.1) is 0 Å². The van der Waals surface area contributed by atoms with Crippen LogP contribution in [0.15, 0.2) is 48.5 Å². The fraction of sp³-hybridized carbons (Fsp3) is 0.350. The average Bonchev–Trinajstić information content (AvgIpc) is 2.61. The van der Waals surface area contributed by atoms with E-state index in [1.807, 2.05) is 32.0 Å². The molecule has 0 bridgehead atoms. The van der Waals surface area contributed by atoms with Crippen molar-refractivity contribution in [2.75, 3.05) is 15.9 Å². The molecule has 0 saturated carbocycles. The minimum absolute atomic E-state index is 0.352. The third kappa shape index (κ3) is 4.43. The van der Waals surface area contributed by atoms with E-state index in [-0.39, 0.29) is 5.91 Å². The van der Waals surface area contributed by atoms with Gasteiger partial charge in [0, 0.05) is 5.69 Å². The number of nitrogens with one attached hydrogen (secondary N) is 1. The molecule has 5 nitrogen and oxygen atoms in total. The highest BCUT2D eigenvalue weighted by Crippen LogP contribution is 2.25. The molecule has 0 aromatic heterocycles. The van der Waals surface area contributed by atoms with Crippen molar-refractivity contribution in [1.82, 2.24) is 0 Å². The normalized spacial score (nSPS) is 12.5. The van der Waals surface area contributed by atoms with Gasteiger partial charge in [-0.2, -0.15) is 0 Å². The van der Waals surface area contributed by atoms with Crippen molar-refractivity contribution in [3.63, 3.8) is 0 Å². The van der Waals surface area contributed by atoms with Crippen molar-refractivity contribution in [2.24, 2.45) is 0 Å². The highest BCUT2D eigenvalue weighted by atomic mass is 32.2. The van der Waals surface area contributed by atoms with E-state index >= 15 is 0 Å². The Balaban J connectivity index is 2.37. The molecule has 2 rings (SSSR count). The van der Waals surface area contributed by atoms with E-state index in [0.717, 1.165) is 40.2 Å². The van der Waals surface area contributed by atoms with Gasteiger partial charge in [-0.1, -0.05) is 50.2 Å². The second-order valence-corrected chi connectivity index (χ2v) is 8.08. The molecule has 0 aliphatic heterocycles. The summed E-state index contributed by atoms with van der Waals surface area (Å²) in [5.74, 6) is -0.352. The molecule has 1 amide bonds. The van der Waals surface area contributed by atoms with Crippen molar-refractivity contribution < 1.29 is 13.2 Å². The Hall–Kier alpha value is -2.34. The third-order valence-electron chi connectivity index (χ3n) is 4.35. The molecule has 0 aliphatic rings. The molecule has 1 atom stereocenters. The standard InChI is InChI=1S/C20H26N2O3S/c1-5-16-11-10-12-17(6-2)19(16)21-20(23)15(3)22(26(4,24)25)18-13-8-7-9-14-18/h7-15H,5-6H2,1-4H3,(H,21,23)/t15-/m1/s1. The van der Waals surface area contributed by atoms with Crippen LogP contribution in [0.4, 0.5) is 11.4 Å². The van der Waals surface area contributed by atoms with Gasteiger partial charge in [0.1, 0.15) is 6.04 Å². The molecular weight excluding hydrogens is 348 g/mol. The summed E-state index contributed by atoms with van der Waals surface area (Å²) in [6, 6.07) is 13.7. The molecule has 0 radical (unpaired) electrons. The van der Waals surface area contributed by atoms with Crippen LogP contribution < -0.4 is 9.62 Å². The number of carbonyl (C=O) groups is 1. The number of hydrogen-bond donors (Lipinski definition) is 1. The van der Waals surface area contributed by atoms with Crippen molar-refractivity contribution >= 4 is 27.3 Å². The van der Waals surface area contributed by atoms with Crippen molar-refractivity contribution in [2.45, 2.75) is 39.7 Å². The molecule has 0 aliphatic carbocycles. The maximum Gasteiger partial charge on any atom is 0.248 e. The summed E-state index contributed by atoms with van der Waals surface area (Å²) in [7, 11) is -3.61. The molecule has 26 heavy (non-hydrogen) atoms. The summed E-state index contributed by atoms with van der Waals surface area (Å²) in [5, 5.41) is 2.96. The summed E-state index contributed by atoms with van der Waals surface area (Å²) in [5.41, 5.74) is 3.33. The summed E-state index contributed by atoms with van der Waals surface area (Å²) in [4.78, 5) is 12.9. The van der Waals surface area contributed by atoms with E-state index in [4.69, 9.17) is 0 Å². The Morgan fingerprint density at radius 3 is 2.00 bits per heavy atom. The van der Waals surface area contributed by atoms with Crippen LogP contribution in [0.5, 0.6) is 0 Å². The lowest BCUT2D eigenvalue weighted by Crippen LogP contribution is -2.45. The van der Waals surface area contributed by atoms with Crippen molar-refractivity contribution in [3.8, 4) is 0 Å². The highest BCUT2D eigenvalue weighted by molar-refractivity contribution is 7.92. The predicted molar refractivity (Wildman–Crippen MR) is 107 cm³/mol. The van der Waals surface area contributed by atoms with E-state index in [2.05, 4.69) is 5.32 Å². The van der Waals surface area contributed by atoms with Gasteiger partial charge in [0.05, 0.1) is 11.9 Å². The van der Waals surface area contributed by atoms with E-state index in [1.54, 1.807) is 37.3 Å². The average molecular weight is 375 g/mol. The van der Waals surface area contributed by atoms with E-state index in [1.165, 1.54) is 0 Å². The topological polar surface area (TPSA) is 66.5 Å². The maximum absolute atomic E-state index is 12.9. The number of anilines is 2. The molecule has 0 saturated heterocycles. The lowest BCUT2D eigenvalue weighted by molar-refractivity contribution is -0.116. The largest absolute Gasteiger partial charge is 0.324 e. The van der Waals surface area contributed by atoms with Gasteiger partial charge in [-0.05, 0) is 43.0 Å². The third-order valence-corrected chi connectivity index (χ3v) is 5.59. The van der Waals surface area contributed by atoms with Gasteiger partial charge >= 0.3 is 0 Å². The van der Waals surface area contributed by atoms with Crippen LogP contribution in [0.2, 0.25) is 0 Å². The van der Waals surface area contributed by atoms with Crippen LogP contribution >= 0.6 is 0 Å². The Morgan fingerprint density at radius 1 is 1.00 bits per heavy atom. The molecule has 2 aromatic carbocycles. The lowest BCUT2D eigenvalue weighted by Gasteiger charge is -2.28. The predicted octanol–water partition coefficient (Wildman–Crippen LogP) is 3.60. The van der Waals surface area contributed by atoms with E-state index in [9.17, 15) is 13.2 Å². The summed E-state index contributed by atoms with van der Waals surface area (Å²) >= 11 is 0. The van der Waals surface area contributed by atoms with Gasteiger partial charge in [-0.25, -0.2) is 8.42 Å². The molecule has 6 heteroatoms. The van der Waals surface area contributed by atoms with Crippen LogP contribution in [0.1, 0.15) is 31.9 Å². The Morgan fingerprint density at radius 2 is 1.54 bits per heavy atom. The molecule has 0 spiro atoms. The van der Waals surface area contributed by atoms with Crippen LogP contribution in [-0.4, -0.2) is 26.6 Å². The summed E-state index contributed by atoms with van der Waals surface area (Å²) in [6.45, 7) is 5.66. The van der Waals surface area contributed by atoms with Crippen molar-refractivity contribution in [3.05, 3.63) is 59.7 Å². The minimum atomic E-state index is -3.61. The Labute approximate surface area is 156 Å². The van der Waals surface area contributed by atoms with Crippen molar-refractivity contribution in [1.29, 1.82) is 0 Å². The molecule has 140 valence electrons. The smallest absolute Gasteiger partial charge is 0.248 e. The maximum atomic E-state index is 12.9. The number of amides is 1. The lowest BCUT2D eigenvalue weighted by atomic mass is 10.0. The molecule has 0 fully saturated rings. The van der Waals surface area contributed by atoms with E-state index in [0.29, 0.717) is 5.69 Å². The SMILES string of the molecule is CCc1cccc(CC)c1NC(=O)[C@@H](C)N(c1ccccc1)S(C)(=O)=O. The van der Waals surface area contributed by atoms with Gasteiger partial charge in [0.15, 0.2) is 0 Å². The molecular formula is C20H26N2O3S. The molecule has 0 heterocycles. The van der Waals surface area contributed by atoms with Gasteiger partial charge in [0.2, 0.25) is 15.9 Å². The van der Waals surface area contributed by atoms with Gasteiger partial charge in [0.25, 0.3) is 0 Å². The fourth-order valence-corrected chi connectivity index (χ4v) is 4.19. The summed E-state index contributed by atoms with van der Waals surface area (Å²) < 4.78 is 25.8. The van der Waals surface area contributed by atoms with Crippen LogP contribution in [0.3, 0.4) is 0 Å².